The fraction of sp³-hybridized carbons (Fsp3) is 0.522. The van der Waals surface area contributed by atoms with Crippen molar-refractivity contribution in [3.05, 3.63) is 86.5 Å². The largest absolute Gasteiger partial charge is 0.507 e. The smallest absolute Gasteiger partial charge is 0.257 e. The summed E-state index contributed by atoms with van der Waals surface area (Å²) in [7, 11) is 0. The van der Waals surface area contributed by atoms with Crippen LogP contribution in [-0.2, 0) is 32.5 Å². The first-order valence-electron chi connectivity index (χ1n) is 19.1. The van der Waals surface area contributed by atoms with Crippen LogP contribution in [0.1, 0.15) is 175 Å². The maximum Gasteiger partial charge on any atom is 0.257 e. The second-order valence-electron chi connectivity index (χ2n) is 20.8. The number of phenols is 3. The Kier molecular flexibility index (Phi) is 14.5. The van der Waals surface area contributed by atoms with Gasteiger partial charge in [-0.15, -0.1) is 17.5 Å². The predicted octanol–water partition coefficient (Wildman–Crippen LogP) is 10.9. The van der Waals surface area contributed by atoms with E-state index < -0.39 is 0 Å². The highest BCUT2D eigenvalue weighted by Crippen LogP contribution is 2.39. The van der Waals surface area contributed by atoms with Gasteiger partial charge in [0.1, 0.15) is 17.2 Å². The summed E-state index contributed by atoms with van der Waals surface area (Å²) in [5.74, 6) is 0.518. The molecule has 10 heteroatoms. The second-order valence-corrected chi connectivity index (χ2v) is 20.8. The third-order valence-corrected chi connectivity index (χ3v) is 9.54. The Labute approximate surface area is 343 Å². The van der Waals surface area contributed by atoms with Gasteiger partial charge in [-0.2, -0.15) is 15.3 Å². The Morgan fingerprint density at radius 2 is 0.696 bits per heavy atom. The van der Waals surface area contributed by atoms with Gasteiger partial charge in [0.05, 0.1) is 18.6 Å². The number of rotatable bonds is 6. The lowest BCUT2D eigenvalue weighted by Gasteiger charge is -2.27. The minimum atomic E-state index is -0.305. The normalized spacial score (nSPS) is 13.4. The van der Waals surface area contributed by atoms with E-state index in [0.717, 1.165) is 33.4 Å². The highest BCUT2D eigenvalue weighted by molar-refractivity contribution is 5.90. The van der Waals surface area contributed by atoms with Crippen LogP contribution < -0.4 is 10.9 Å². The number of hydrogen-bond acceptors (Lipinski definition) is 7. The van der Waals surface area contributed by atoms with Crippen LogP contribution in [-0.4, -0.2) is 39.9 Å². The summed E-state index contributed by atoms with van der Waals surface area (Å²) in [6, 6.07) is 12.0. The van der Waals surface area contributed by atoms with Gasteiger partial charge in [-0.05, 0) is 67.4 Å². The van der Waals surface area contributed by atoms with Gasteiger partial charge in [-0.3, -0.25) is 0 Å². The molecule has 0 aliphatic heterocycles. The van der Waals surface area contributed by atoms with E-state index in [0.29, 0.717) is 16.7 Å². The van der Waals surface area contributed by atoms with Gasteiger partial charge in [-0.25, -0.2) is 10.9 Å². The topological polar surface area (TPSA) is 134 Å². The van der Waals surface area contributed by atoms with E-state index in [2.05, 4.69) is 174 Å². The van der Waals surface area contributed by atoms with Crippen molar-refractivity contribution in [2.45, 2.75) is 157 Å². The first kappa shape index (κ1) is 47.8. The molecule has 56 heavy (non-hydrogen) atoms. The fourth-order valence-corrected chi connectivity index (χ4v) is 5.82. The standard InChI is InChI=1S/C46H68N6O3.ClH/c1-41(2,3)31-19-28(37(53)34(22-31)44(10,11)12)25-47-50-40(51-48-26-29-20-32(42(4,5)6)23-35(38(29)54)45(13,14)15)52-49-27-30-21-33(43(7,8)9)24-36(39(30)55)46(16,17)18;/h19-27,53-55H,1-18H3,(H2,50,51,52);1H. The van der Waals surface area contributed by atoms with E-state index in [1.165, 1.54) is 6.21 Å². The first-order valence-corrected chi connectivity index (χ1v) is 19.1. The Bertz CT molecular complexity index is 1890. The molecule has 5 N–H and O–H groups in total. The molecule has 0 bridgehead atoms. The van der Waals surface area contributed by atoms with Gasteiger partial charge in [0.2, 0.25) is 0 Å². The molecule has 3 aromatic rings. The maximum absolute atomic E-state index is 11.3. The fourth-order valence-electron chi connectivity index (χ4n) is 5.82. The zero-order valence-electron chi connectivity index (χ0n) is 37.2. The third-order valence-electron chi connectivity index (χ3n) is 9.54. The van der Waals surface area contributed by atoms with Crippen molar-refractivity contribution in [1.29, 1.82) is 0 Å². The Morgan fingerprint density at radius 3 is 0.946 bits per heavy atom. The number of hydrazone groups is 2. The van der Waals surface area contributed by atoms with Crippen LogP contribution in [0.5, 0.6) is 17.2 Å². The van der Waals surface area contributed by atoms with E-state index in [1.807, 2.05) is 18.2 Å². The van der Waals surface area contributed by atoms with E-state index in [9.17, 15) is 15.3 Å². The Hall–Kier alpha value is -4.37. The van der Waals surface area contributed by atoms with Crippen molar-refractivity contribution in [1.82, 2.24) is 10.9 Å². The monoisotopic (exact) mass is 789 g/mol. The predicted molar refractivity (Wildman–Crippen MR) is 240 cm³/mol. The van der Waals surface area contributed by atoms with Crippen molar-refractivity contribution in [2.24, 2.45) is 20.4 Å². The van der Waals surface area contributed by atoms with Crippen molar-refractivity contribution in [3.8, 4) is 17.2 Å². The van der Waals surface area contributed by atoms with Crippen LogP contribution in [0.4, 0.5) is 0 Å². The lowest BCUT2D eigenvalue weighted by molar-refractivity contribution is 0.443. The molecule has 0 unspecified atom stereocenters. The highest BCUT2D eigenvalue weighted by atomic mass is 35.5. The number of hydrogen-bond donors (Lipinski definition) is 5. The summed E-state index contributed by atoms with van der Waals surface area (Å²) in [6.07, 6.45) is 4.61. The Morgan fingerprint density at radius 1 is 0.429 bits per heavy atom. The summed E-state index contributed by atoms with van der Waals surface area (Å²) in [5.41, 5.74) is 11.7. The summed E-state index contributed by atoms with van der Waals surface area (Å²) >= 11 is 0. The molecule has 0 heterocycles. The van der Waals surface area contributed by atoms with Crippen molar-refractivity contribution >= 4 is 37.0 Å². The molecular weight excluding hydrogens is 720 g/mol. The van der Waals surface area contributed by atoms with E-state index in [4.69, 9.17) is 0 Å². The number of nitrogens with one attached hydrogen (secondary N) is 2. The first-order chi connectivity index (χ1) is 24.8. The number of benzene rings is 3. The van der Waals surface area contributed by atoms with Crippen LogP contribution in [0.2, 0.25) is 0 Å². The molecule has 0 atom stereocenters. The summed E-state index contributed by atoms with van der Waals surface area (Å²) in [4.78, 5) is 0. The van der Waals surface area contributed by atoms with Gasteiger partial charge >= 0.3 is 0 Å². The van der Waals surface area contributed by atoms with Gasteiger partial charge in [0.25, 0.3) is 5.96 Å². The molecular formula is C46H69ClN6O3. The zero-order valence-corrected chi connectivity index (χ0v) is 38.1. The van der Waals surface area contributed by atoms with Crippen molar-refractivity contribution in [3.63, 3.8) is 0 Å². The minimum Gasteiger partial charge on any atom is -0.507 e. The van der Waals surface area contributed by atoms with Crippen LogP contribution >= 0.6 is 12.4 Å². The minimum absolute atomic E-state index is 0. The molecule has 9 nitrogen and oxygen atoms in total. The third kappa shape index (κ3) is 12.3. The lowest BCUT2D eigenvalue weighted by Crippen LogP contribution is -2.30. The summed E-state index contributed by atoms with van der Waals surface area (Å²) in [6.45, 7) is 37.8. The van der Waals surface area contributed by atoms with Crippen molar-refractivity contribution < 1.29 is 15.3 Å². The number of guanidine groups is 1. The van der Waals surface area contributed by atoms with Gasteiger partial charge in [-0.1, -0.05) is 143 Å². The van der Waals surface area contributed by atoms with Crippen LogP contribution in [0, 0.1) is 0 Å². The number of phenolic OH excluding ortho intramolecular Hbond substituents is 3. The summed E-state index contributed by atoms with van der Waals surface area (Å²) in [5, 5.41) is 51.6. The number of halogens is 1. The highest BCUT2D eigenvalue weighted by Gasteiger charge is 2.27. The molecule has 0 fully saturated rings. The van der Waals surface area contributed by atoms with Gasteiger partial charge in [0, 0.05) is 33.4 Å². The maximum atomic E-state index is 11.3. The quantitative estimate of drug-likeness (QED) is 0.0963. The van der Waals surface area contributed by atoms with Gasteiger partial charge < -0.3 is 15.3 Å². The molecule has 0 aliphatic carbocycles. The second kappa shape index (κ2) is 17.0. The molecule has 0 spiro atoms. The molecule has 0 aromatic heterocycles. The molecule has 3 rings (SSSR count). The lowest BCUT2D eigenvalue weighted by atomic mass is 9.79. The van der Waals surface area contributed by atoms with Crippen LogP contribution in [0.15, 0.2) is 56.8 Å². The average Bonchev–Trinajstić information content (AvgIpc) is 2.99. The number of nitrogens with zero attached hydrogens (tertiary/aromatic N) is 4. The average molecular weight is 790 g/mol. The molecule has 0 saturated carbocycles. The molecule has 308 valence electrons. The SMILES string of the molecule is CC(C)(C)c1cc(C=NN=C(NN=Cc2cc(C(C)(C)C)cc(C(C)(C)C)c2O)NN=Cc2cc(C(C)(C)C)cc(C(C)(C)C)c2O)c(O)c(C(C)(C)C)c1.Cl. The number of aromatic hydroxyl groups is 3. The molecule has 0 amide bonds. The van der Waals surface area contributed by atoms with E-state index in [1.54, 1.807) is 12.4 Å². The van der Waals surface area contributed by atoms with Gasteiger partial charge in [0.15, 0.2) is 0 Å². The Balaban J connectivity index is 0.0000108. The zero-order chi connectivity index (χ0) is 42.1. The summed E-state index contributed by atoms with van der Waals surface area (Å²) < 4.78 is 0. The van der Waals surface area contributed by atoms with E-state index in [-0.39, 0.29) is 68.1 Å². The van der Waals surface area contributed by atoms with Crippen molar-refractivity contribution in [2.75, 3.05) is 0 Å². The molecule has 3 aromatic carbocycles. The molecule has 0 radical (unpaired) electrons. The molecule has 0 aliphatic rings. The van der Waals surface area contributed by atoms with Crippen LogP contribution in [0.3, 0.4) is 0 Å². The van der Waals surface area contributed by atoms with Crippen LogP contribution in [0.25, 0.3) is 0 Å². The van der Waals surface area contributed by atoms with E-state index >= 15 is 0 Å². The molecule has 0 saturated heterocycles.